The summed E-state index contributed by atoms with van der Waals surface area (Å²) in [5.41, 5.74) is 2.09. The quantitative estimate of drug-likeness (QED) is 0.484. The van der Waals surface area contributed by atoms with Crippen LogP contribution in [0.25, 0.3) is 5.52 Å². The summed E-state index contributed by atoms with van der Waals surface area (Å²) in [5.74, 6) is 0.100. The molecule has 0 unspecified atom stereocenters. The van der Waals surface area contributed by atoms with E-state index in [2.05, 4.69) is 33.9 Å². The van der Waals surface area contributed by atoms with Gasteiger partial charge in [0, 0.05) is 12.5 Å². The predicted molar refractivity (Wildman–Crippen MR) is 120 cm³/mol. The summed E-state index contributed by atoms with van der Waals surface area (Å²) in [4.78, 5) is 27.9. The van der Waals surface area contributed by atoms with E-state index in [0.29, 0.717) is 17.0 Å². The number of nitrogens with zero attached hydrogens (tertiary/aromatic N) is 3. The number of amides is 1. The number of ether oxygens (including phenoxy) is 2. The van der Waals surface area contributed by atoms with E-state index in [9.17, 15) is 9.59 Å². The minimum absolute atomic E-state index is 0.0694. The molecule has 9 nitrogen and oxygen atoms in total. The second-order valence-electron chi connectivity index (χ2n) is 7.80. The van der Waals surface area contributed by atoms with Crippen molar-refractivity contribution < 1.29 is 19.1 Å². The van der Waals surface area contributed by atoms with Crippen molar-refractivity contribution in [2.24, 2.45) is 0 Å². The van der Waals surface area contributed by atoms with Crippen molar-refractivity contribution in [2.75, 3.05) is 17.2 Å². The molecule has 0 aliphatic carbocycles. The van der Waals surface area contributed by atoms with E-state index in [4.69, 9.17) is 9.47 Å². The topological polar surface area (TPSA) is 107 Å². The molecule has 0 fully saturated rings. The van der Waals surface area contributed by atoms with E-state index >= 15 is 0 Å². The predicted octanol–water partition coefficient (Wildman–Crippen LogP) is 4.03. The fraction of sp³-hybridized carbons (Fsp3) is 0.364. The lowest BCUT2D eigenvalue weighted by molar-refractivity contribution is -0.141. The van der Waals surface area contributed by atoms with Gasteiger partial charge in [-0.2, -0.15) is 5.10 Å². The lowest BCUT2D eigenvalue weighted by Crippen LogP contribution is -2.29. The highest BCUT2D eigenvalue weighted by atomic mass is 16.6. The highest BCUT2D eigenvalue weighted by Gasteiger charge is 2.21. The Labute approximate surface area is 181 Å². The number of hydrogen-bond acceptors (Lipinski definition) is 7. The van der Waals surface area contributed by atoms with Gasteiger partial charge >= 0.3 is 12.1 Å². The summed E-state index contributed by atoms with van der Waals surface area (Å²) < 4.78 is 12.1. The molecule has 1 atom stereocenters. The third-order valence-electron chi connectivity index (χ3n) is 4.18. The molecule has 9 heteroatoms. The Hall–Kier alpha value is -3.62. The first kappa shape index (κ1) is 23.7. The fourth-order valence-corrected chi connectivity index (χ4v) is 2.86. The van der Waals surface area contributed by atoms with Crippen molar-refractivity contribution in [1.29, 1.82) is 0 Å². The molecule has 0 saturated carbocycles. The van der Waals surface area contributed by atoms with E-state index < -0.39 is 23.7 Å². The Bertz CT molecular complexity index is 1020. The van der Waals surface area contributed by atoms with Crippen molar-refractivity contribution in [2.45, 2.75) is 46.3 Å². The van der Waals surface area contributed by atoms with Crippen LogP contribution in [0.1, 0.15) is 33.3 Å². The van der Waals surface area contributed by atoms with Crippen LogP contribution in [0.2, 0.25) is 0 Å². The molecular weight excluding hydrogens is 398 g/mol. The van der Waals surface area contributed by atoms with E-state index in [1.165, 1.54) is 13.3 Å². The molecule has 0 aliphatic heterocycles. The third-order valence-corrected chi connectivity index (χ3v) is 4.18. The Morgan fingerprint density at radius 3 is 2.61 bits per heavy atom. The Balaban J connectivity index is 2.40. The molecule has 0 spiro atoms. The van der Waals surface area contributed by atoms with Crippen LogP contribution < -0.4 is 10.6 Å². The minimum Gasteiger partial charge on any atom is -0.463 e. The van der Waals surface area contributed by atoms with Crippen LogP contribution in [0.4, 0.5) is 16.3 Å². The van der Waals surface area contributed by atoms with Crippen LogP contribution in [0.15, 0.2) is 49.5 Å². The molecular formula is C22H29N5O4. The van der Waals surface area contributed by atoms with Crippen LogP contribution in [0, 0.1) is 6.92 Å². The van der Waals surface area contributed by atoms with Gasteiger partial charge in [0.1, 0.15) is 24.1 Å². The zero-order valence-corrected chi connectivity index (χ0v) is 18.6. The minimum atomic E-state index is -0.619. The number of aromatic nitrogens is 3. The number of anilines is 2. The SMILES string of the molecule is C=C/C=C(\C=C)[C@@H](COC(C)=O)Nc1ncnn2cc(NC(=O)OC(C)(C)C)c(C)c12. The average Bonchev–Trinajstić information content (AvgIpc) is 2.98. The molecule has 1 amide bonds. The molecule has 0 bridgehead atoms. The van der Waals surface area contributed by atoms with Gasteiger partial charge in [-0.15, -0.1) is 0 Å². The maximum atomic E-state index is 12.2. The van der Waals surface area contributed by atoms with Crippen molar-refractivity contribution in [3.05, 3.63) is 55.0 Å². The lowest BCUT2D eigenvalue weighted by Gasteiger charge is -2.21. The van der Waals surface area contributed by atoms with Crippen LogP contribution in [-0.4, -0.2) is 44.9 Å². The molecule has 2 N–H and O–H groups in total. The van der Waals surface area contributed by atoms with Crippen LogP contribution in [0.5, 0.6) is 0 Å². The molecule has 0 aliphatic rings. The van der Waals surface area contributed by atoms with Gasteiger partial charge in [-0.25, -0.2) is 14.3 Å². The van der Waals surface area contributed by atoms with E-state index in [0.717, 1.165) is 11.1 Å². The summed E-state index contributed by atoms with van der Waals surface area (Å²) in [6.07, 6.45) is 7.55. The van der Waals surface area contributed by atoms with Gasteiger partial charge in [0.15, 0.2) is 5.82 Å². The third kappa shape index (κ3) is 6.43. The smallest absolute Gasteiger partial charge is 0.412 e. The van der Waals surface area contributed by atoms with Gasteiger partial charge in [-0.05, 0) is 33.3 Å². The van der Waals surface area contributed by atoms with Gasteiger partial charge in [0.05, 0.1) is 17.9 Å². The molecule has 166 valence electrons. The number of hydrogen-bond donors (Lipinski definition) is 2. The van der Waals surface area contributed by atoms with Crippen molar-refractivity contribution >= 4 is 29.1 Å². The molecule has 0 saturated heterocycles. The van der Waals surface area contributed by atoms with E-state index in [1.54, 1.807) is 49.7 Å². The highest BCUT2D eigenvalue weighted by molar-refractivity contribution is 5.90. The Kier molecular flexibility index (Phi) is 7.57. The largest absolute Gasteiger partial charge is 0.463 e. The summed E-state index contributed by atoms with van der Waals surface area (Å²) >= 11 is 0. The zero-order valence-electron chi connectivity index (χ0n) is 18.6. The van der Waals surface area contributed by atoms with Gasteiger partial charge in [-0.3, -0.25) is 10.1 Å². The van der Waals surface area contributed by atoms with Crippen molar-refractivity contribution in [1.82, 2.24) is 14.6 Å². The Morgan fingerprint density at radius 1 is 1.32 bits per heavy atom. The standard InChI is InChI=1S/C22H29N5O4/c1-8-10-16(9-2)18(12-30-15(4)28)25-20-19-14(3)17(11-27(19)24-13-23-20)26-21(29)31-22(5,6)7/h8-11,13,18H,1-2,12H2,3-7H3,(H,26,29)(H,23,24,25)/b16-10+/t18-/m1/s1. The first-order valence-corrected chi connectivity index (χ1v) is 9.73. The van der Waals surface area contributed by atoms with Crippen molar-refractivity contribution in [3.63, 3.8) is 0 Å². The number of fused-ring (bicyclic) bond motifs is 1. The van der Waals surface area contributed by atoms with Gasteiger partial charge < -0.3 is 14.8 Å². The molecule has 2 aromatic rings. The lowest BCUT2D eigenvalue weighted by atomic mass is 10.1. The number of aryl methyl sites for hydroxylation is 1. The number of carbonyl (C=O) groups is 2. The second-order valence-corrected chi connectivity index (χ2v) is 7.80. The van der Waals surface area contributed by atoms with Gasteiger partial charge in [0.25, 0.3) is 0 Å². The number of rotatable bonds is 8. The van der Waals surface area contributed by atoms with Crippen LogP contribution in [-0.2, 0) is 14.3 Å². The summed E-state index contributed by atoms with van der Waals surface area (Å²) in [5, 5.41) is 10.2. The number of allylic oxidation sites excluding steroid dienone is 2. The molecule has 2 aromatic heterocycles. The van der Waals surface area contributed by atoms with Crippen LogP contribution in [0.3, 0.4) is 0 Å². The number of carbonyl (C=O) groups excluding carboxylic acids is 2. The van der Waals surface area contributed by atoms with E-state index in [1.807, 2.05) is 6.92 Å². The first-order valence-electron chi connectivity index (χ1n) is 9.73. The zero-order chi connectivity index (χ0) is 23.2. The molecule has 2 heterocycles. The maximum absolute atomic E-state index is 12.2. The molecule has 0 radical (unpaired) electrons. The number of nitrogens with one attached hydrogen (secondary N) is 2. The van der Waals surface area contributed by atoms with Gasteiger partial charge in [0.2, 0.25) is 0 Å². The highest BCUT2D eigenvalue weighted by Crippen LogP contribution is 2.28. The second kappa shape index (κ2) is 9.92. The number of esters is 1. The summed E-state index contributed by atoms with van der Waals surface area (Å²) in [6, 6.07) is -0.422. The van der Waals surface area contributed by atoms with Crippen molar-refractivity contribution in [3.8, 4) is 0 Å². The normalized spacial score (nSPS) is 12.7. The van der Waals surface area contributed by atoms with E-state index in [-0.39, 0.29) is 6.61 Å². The van der Waals surface area contributed by atoms with Crippen LogP contribution >= 0.6 is 0 Å². The van der Waals surface area contributed by atoms with Gasteiger partial charge in [-0.1, -0.05) is 31.4 Å². The summed E-state index contributed by atoms with van der Waals surface area (Å²) in [7, 11) is 0. The molecule has 0 aromatic carbocycles. The molecule has 31 heavy (non-hydrogen) atoms. The maximum Gasteiger partial charge on any atom is 0.412 e. The Morgan fingerprint density at radius 2 is 2.03 bits per heavy atom. The summed E-state index contributed by atoms with van der Waals surface area (Å²) in [6.45, 7) is 16.2. The fourth-order valence-electron chi connectivity index (χ4n) is 2.86. The average molecular weight is 428 g/mol. The monoisotopic (exact) mass is 427 g/mol. The first-order chi connectivity index (χ1) is 14.6. The molecule has 2 rings (SSSR count).